The second-order valence-corrected chi connectivity index (χ2v) is 4.32. The zero-order valence-corrected chi connectivity index (χ0v) is 8.79. The number of hydrogen-bond acceptors (Lipinski definition) is 4. The Hall–Kier alpha value is -0.900. The summed E-state index contributed by atoms with van der Waals surface area (Å²) in [5.74, 6) is 1.91. The number of aromatic nitrogens is 2. The average molecular weight is 195 g/mol. The van der Waals surface area contributed by atoms with Gasteiger partial charge in [0.1, 0.15) is 0 Å². The van der Waals surface area contributed by atoms with Crippen molar-refractivity contribution in [2.24, 2.45) is 11.7 Å². The maximum atomic E-state index is 6.17. The Kier molecular flexibility index (Phi) is 2.31. The first-order chi connectivity index (χ1) is 6.64. The van der Waals surface area contributed by atoms with Gasteiger partial charge in [-0.25, -0.2) is 0 Å². The van der Waals surface area contributed by atoms with Crippen molar-refractivity contribution in [3.05, 3.63) is 11.7 Å². The van der Waals surface area contributed by atoms with Gasteiger partial charge in [-0.2, -0.15) is 4.98 Å². The molecule has 0 saturated heterocycles. The van der Waals surface area contributed by atoms with Gasteiger partial charge in [0.15, 0.2) is 5.82 Å². The Balaban J connectivity index is 2.14. The molecular formula is C10H17N3O. The lowest BCUT2D eigenvalue weighted by Gasteiger charge is -2.18. The molecule has 4 nitrogen and oxygen atoms in total. The summed E-state index contributed by atoms with van der Waals surface area (Å²) in [7, 11) is 0. The molecule has 1 aromatic heterocycles. The summed E-state index contributed by atoms with van der Waals surface area (Å²) in [5.41, 5.74) is 5.77. The van der Waals surface area contributed by atoms with Crippen molar-refractivity contribution in [3.8, 4) is 0 Å². The number of rotatable bonds is 4. The molecule has 78 valence electrons. The van der Waals surface area contributed by atoms with Gasteiger partial charge in [-0.1, -0.05) is 12.1 Å². The van der Waals surface area contributed by atoms with E-state index in [2.05, 4.69) is 17.1 Å². The van der Waals surface area contributed by atoms with E-state index in [0.29, 0.717) is 17.6 Å². The third-order valence-corrected chi connectivity index (χ3v) is 2.84. The summed E-state index contributed by atoms with van der Waals surface area (Å²) < 4.78 is 5.13. The van der Waals surface area contributed by atoms with Crippen LogP contribution >= 0.6 is 0 Å². The van der Waals surface area contributed by atoms with Crippen LogP contribution in [0.2, 0.25) is 0 Å². The topological polar surface area (TPSA) is 64.9 Å². The first-order valence-electron chi connectivity index (χ1n) is 5.26. The highest BCUT2D eigenvalue weighted by Gasteiger charge is 2.43. The molecule has 2 rings (SSSR count). The fraction of sp³-hybridized carbons (Fsp3) is 0.800. The normalized spacial score (nSPS) is 20.8. The van der Waals surface area contributed by atoms with E-state index < -0.39 is 5.54 Å². The molecule has 0 bridgehead atoms. The lowest BCUT2D eigenvalue weighted by molar-refractivity contribution is 0.339. The summed E-state index contributed by atoms with van der Waals surface area (Å²) >= 11 is 0. The largest absolute Gasteiger partial charge is 0.339 e. The molecule has 0 radical (unpaired) electrons. The zero-order valence-electron chi connectivity index (χ0n) is 8.79. The molecule has 2 N–H and O–H groups in total. The maximum Gasteiger partial charge on any atom is 0.226 e. The Morgan fingerprint density at radius 1 is 1.57 bits per heavy atom. The third-order valence-electron chi connectivity index (χ3n) is 2.84. The van der Waals surface area contributed by atoms with E-state index in [1.807, 2.05) is 6.92 Å². The molecule has 1 unspecified atom stereocenters. The molecule has 0 spiro atoms. The minimum atomic E-state index is -0.393. The second-order valence-electron chi connectivity index (χ2n) is 4.32. The fourth-order valence-corrected chi connectivity index (χ4v) is 1.65. The van der Waals surface area contributed by atoms with Gasteiger partial charge in [-0.3, -0.25) is 0 Å². The first-order valence-corrected chi connectivity index (χ1v) is 5.26. The molecule has 0 aromatic carbocycles. The molecule has 4 heteroatoms. The van der Waals surface area contributed by atoms with Gasteiger partial charge in [0.25, 0.3) is 0 Å². The smallest absolute Gasteiger partial charge is 0.226 e. The Labute approximate surface area is 83.9 Å². The van der Waals surface area contributed by atoms with Crippen LogP contribution in [-0.2, 0) is 12.0 Å². The molecule has 1 aliphatic rings. The highest BCUT2D eigenvalue weighted by molar-refractivity contribution is 5.08. The highest BCUT2D eigenvalue weighted by Crippen LogP contribution is 2.42. The van der Waals surface area contributed by atoms with Gasteiger partial charge in [0.05, 0.1) is 5.54 Å². The molecule has 1 fully saturated rings. The third kappa shape index (κ3) is 1.66. The van der Waals surface area contributed by atoms with Crippen LogP contribution in [-0.4, -0.2) is 10.1 Å². The second kappa shape index (κ2) is 3.35. The van der Waals surface area contributed by atoms with E-state index in [1.54, 1.807) is 0 Å². The Morgan fingerprint density at radius 2 is 2.29 bits per heavy atom. The Morgan fingerprint density at radius 3 is 2.86 bits per heavy atom. The van der Waals surface area contributed by atoms with Crippen molar-refractivity contribution in [3.63, 3.8) is 0 Å². The van der Waals surface area contributed by atoms with Crippen LogP contribution in [0.15, 0.2) is 4.52 Å². The monoisotopic (exact) mass is 195 g/mol. The van der Waals surface area contributed by atoms with Crippen LogP contribution in [0, 0.1) is 5.92 Å². The van der Waals surface area contributed by atoms with Crippen LogP contribution in [0.3, 0.4) is 0 Å². The van der Waals surface area contributed by atoms with Gasteiger partial charge in [-0.05, 0) is 32.1 Å². The predicted octanol–water partition coefficient (Wildman–Crippen LogP) is 1.61. The molecule has 1 atom stereocenters. The standard InChI is InChI=1S/C10H17N3O/c1-3-4-8-12-9(13-14-8)10(2,11)7-5-6-7/h7H,3-6,11H2,1-2H3. The van der Waals surface area contributed by atoms with E-state index in [9.17, 15) is 0 Å². The van der Waals surface area contributed by atoms with Crippen LogP contribution < -0.4 is 5.73 Å². The first kappa shape index (κ1) is 9.65. The van der Waals surface area contributed by atoms with E-state index in [1.165, 1.54) is 12.8 Å². The van der Waals surface area contributed by atoms with Crippen molar-refractivity contribution in [1.29, 1.82) is 0 Å². The number of hydrogen-bond donors (Lipinski definition) is 1. The molecule has 1 aromatic rings. The summed E-state index contributed by atoms with van der Waals surface area (Å²) in [6.07, 6.45) is 4.23. The summed E-state index contributed by atoms with van der Waals surface area (Å²) in [4.78, 5) is 4.33. The molecule has 1 saturated carbocycles. The van der Waals surface area contributed by atoms with Crippen LogP contribution in [0.5, 0.6) is 0 Å². The minimum Gasteiger partial charge on any atom is -0.339 e. The van der Waals surface area contributed by atoms with Crippen molar-refractivity contribution >= 4 is 0 Å². The van der Waals surface area contributed by atoms with E-state index in [-0.39, 0.29) is 0 Å². The molecule has 0 aliphatic heterocycles. The minimum absolute atomic E-state index is 0.393. The van der Waals surface area contributed by atoms with E-state index in [4.69, 9.17) is 10.3 Å². The highest BCUT2D eigenvalue weighted by atomic mass is 16.5. The average Bonchev–Trinajstić information content (AvgIpc) is 2.89. The molecule has 1 aliphatic carbocycles. The van der Waals surface area contributed by atoms with Crippen molar-refractivity contribution in [2.75, 3.05) is 0 Å². The number of nitrogens with two attached hydrogens (primary N) is 1. The zero-order chi connectivity index (χ0) is 10.2. The molecular weight excluding hydrogens is 178 g/mol. The lowest BCUT2D eigenvalue weighted by atomic mass is 9.97. The predicted molar refractivity (Wildman–Crippen MR) is 52.6 cm³/mol. The SMILES string of the molecule is CCCc1nc(C(C)(N)C2CC2)no1. The van der Waals surface area contributed by atoms with Crippen LogP contribution in [0.4, 0.5) is 0 Å². The summed E-state index contributed by atoms with van der Waals surface area (Å²) in [5, 5.41) is 3.96. The summed E-state index contributed by atoms with van der Waals surface area (Å²) in [6.45, 7) is 4.08. The van der Waals surface area contributed by atoms with Crippen LogP contribution in [0.25, 0.3) is 0 Å². The van der Waals surface area contributed by atoms with Crippen LogP contribution in [0.1, 0.15) is 44.8 Å². The van der Waals surface area contributed by atoms with E-state index >= 15 is 0 Å². The molecule has 1 heterocycles. The van der Waals surface area contributed by atoms with Gasteiger partial charge < -0.3 is 10.3 Å². The summed E-state index contributed by atoms with van der Waals surface area (Å²) in [6, 6.07) is 0. The van der Waals surface area contributed by atoms with Crippen molar-refractivity contribution in [1.82, 2.24) is 10.1 Å². The van der Waals surface area contributed by atoms with Crippen molar-refractivity contribution < 1.29 is 4.52 Å². The van der Waals surface area contributed by atoms with E-state index in [0.717, 1.165) is 12.8 Å². The maximum absolute atomic E-state index is 6.17. The fourth-order valence-electron chi connectivity index (χ4n) is 1.65. The lowest BCUT2D eigenvalue weighted by Crippen LogP contribution is -2.36. The molecule has 14 heavy (non-hydrogen) atoms. The van der Waals surface area contributed by atoms with Gasteiger partial charge in [0, 0.05) is 6.42 Å². The van der Waals surface area contributed by atoms with Gasteiger partial charge in [0.2, 0.25) is 5.89 Å². The number of nitrogens with zero attached hydrogens (tertiary/aromatic N) is 2. The number of aryl methyl sites for hydroxylation is 1. The van der Waals surface area contributed by atoms with Gasteiger partial charge in [-0.15, -0.1) is 0 Å². The van der Waals surface area contributed by atoms with Crippen molar-refractivity contribution in [2.45, 2.75) is 45.1 Å². The quantitative estimate of drug-likeness (QED) is 0.792. The van der Waals surface area contributed by atoms with Gasteiger partial charge >= 0.3 is 0 Å². The Bertz CT molecular complexity index is 315. The molecule has 0 amide bonds.